The molecule has 0 saturated carbocycles. The van der Waals surface area contributed by atoms with Crippen LogP contribution < -0.4 is 14.4 Å². The van der Waals surface area contributed by atoms with Crippen molar-refractivity contribution in [1.29, 1.82) is 0 Å². The van der Waals surface area contributed by atoms with Crippen molar-refractivity contribution in [2.24, 2.45) is 0 Å². The molecule has 0 saturated heterocycles. The van der Waals surface area contributed by atoms with Gasteiger partial charge in [-0.05, 0) is 43.5 Å². The van der Waals surface area contributed by atoms with Crippen LogP contribution in [0.3, 0.4) is 0 Å². The lowest BCUT2D eigenvalue weighted by atomic mass is 10.0. The number of ether oxygens (including phenoxy) is 1. The fraction of sp³-hybridized carbons (Fsp3) is 0.350. The first kappa shape index (κ1) is 18.0. The van der Waals surface area contributed by atoms with Crippen molar-refractivity contribution in [2.75, 3.05) is 18.0 Å². The monoisotopic (exact) mass is 386 g/mol. The summed E-state index contributed by atoms with van der Waals surface area (Å²) in [5, 5.41) is 0. The fourth-order valence-electron chi connectivity index (χ4n) is 3.73. The largest absolute Gasteiger partial charge is 0.486 e. The Balaban J connectivity index is 1.51. The SMILES string of the molecule is CC1(C)Cc2cccc(S(=O)(=O)NCC(=O)N3CCc4ccccc43)c2O1. The van der Waals surface area contributed by atoms with Gasteiger partial charge >= 0.3 is 0 Å². The van der Waals surface area contributed by atoms with E-state index >= 15 is 0 Å². The minimum atomic E-state index is -3.86. The third kappa shape index (κ3) is 3.33. The number of hydrogen-bond acceptors (Lipinski definition) is 4. The Morgan fingerprint density at radius 2 is 1.89 bits per heavy atom. The van der Waals surface area contributed by atoms with Gasteiger partial charge in [0.25, 0.3) is 0 Å². The van der Waals surface area contributed by atoms with Gasteiger partial charge in [-0.3, -0.25) is 4.79 Å². The average molecular weight is 386 g/mol. The molecular formula is C20H22N2O4S. The van der Waals surface area contributed by atoms with Gasteiger partial charge in [0.2, 0.25) is 15.9 Å². The minimum Gasteiger partial charge on any atom is -0.486 e. The maximum atomic E-state index is 12.8. The summed E-state index contributed by atoms with van der Waals surface area (Å²) in [6.07, 6.45) is 1.43. The molecule has 0 fully saturated rings. The van der Waals surface area contributed by atoms with E-state index < -0.39 is 15.6 Å². The van der Waals surface area contributed by atoms with Crippen molar-refractivity contribution < 1.29 is 17.9 Å². The number of fused-ring (bicyclic) bond motifs is 2. The first-order valence-electron chi connectivity index (χ1n) is 8.96. The molecule has 0 radical (unpaired) electrons. The smallest absolute Gasteiger partial charge is 0.244 e. The zero-order valence-electron chi connectivity index (χ0n) is 15.4. The molecule has 2 aliphatic heterocycles. The molecule has 2 aromatic rings. The van der Waals surface area contributed by atoms with Crippen LogP contribution >= 0.6 is 0 Å². The average Bonchev–Trinajstić information content (AvgIpc) is 3.18. The fourth-order valence-corrected chi connectivity index (χ4v) is 4.87. The van der Waals surface area contributed by atoms with Crippen molar-refractivity contribution in [3.8, 4) is 5.75 Å². The van der Waals surface area contributed by atoms with E-state index in [9.17, 15) is 13.2 Å². The summed E-state index contributed by atoms with van der Waals surface area (Å²) in [6.45, 7) is 4.12. The van der Waals surface area contributed by atoms with E-state index in [-0.39, 0.29) is 17.3 Å². The Hall–Kier alpha value is -2.38. The highest BCUT2D eigenvalue weighted by atomic mass is 32.2. The summed E-state index contributed by atoms with van der Waals surface area (Å²) < 4.78 is 33.9. The highest BCUT2D eigenvalue weighted by Crippen LogP contribution is 2.39. The molecule has 27 heavy (non-hydrogen) atoms. The van der Waals surface area contributed by atoms with Gasteiger partial charge in [-0.25, -0.2) is 13.1 Å². The van der Waals surface area contributed by atoms with Crippen LogP contribution in [0.1, 0.15) is 25.0 Å². The number of sulfonamides is 1. The maximum absolute atomic E-state index is 12.8. The van der Waals surface area contributed by atoms with Crippen LogP contribution in [-0.2, 0) is 27.7 Å². The Kier molecular flexibility index (Phi) is 4.24. The molecule has 1 amide bonds. The van der Waals surface area contributed by atoms with Gasteiger partial charge in [0.15, 0.2) is 0 Å². The van der Waals surface area contributed by atoms with Crippen molar-refractivity contribution in [2.45, 2.75) is 37.2 Å². The predicted molar refractivity (Wildman–Crippen MR) is 103 cm³/mol. The van der Waals surface area contributed by atoms with Crippen LogP contribution in [-0.4, -0.2) is 33.0 Å². The molecular weight excluding hydrogens is 364 g/mol. The molecule has 4 rings (SSSR count). The van der Waals surface area contributed by atoms with E-state index in [0.717, 1.165) is 23.2 Å². The lowest BCUT2D eigenvalue weighted by Gasteiger charge is -2.19. The summed E-state index contributed by atoms with van der Waals surface area (Å²) >= 11 is 0. The molecule has 7 heteroatoms. The summed E-state index contributed by atoms with van der Waals surface area (Å²) in [7, 11) is -3.86. The van der Waals surface area contributed by atoms with Gasteiger partial charge in [0.1, 0.15) is 16.2 Å². The number of carbonyl (C=O) groups is 1. The molecule has 0 aliphatic carbocycles. The number of amides is 1. The zero-order chi connectivity index (χ0) is 19.2. The minimum absolute atomic E-state index is 0.0835. The van der Waals surface area contributed by atoms with E-state index in [0.29, 0.717) is 18.7 Å². The van der Waals surface area contributed by atoms with Crippen LogP contribution in [0.2, 0.25) is 0 Å². The van der Waals surface area contributed by atoms with Gasteiger partial charge in [-0.15, -0.1) is 0 Å². The third-order valence-electron chi connectivity index (χ3n) is 4.95. The Labute approximate surface area is 159 Å². The van der Waals surface area contributed by atoms with Crippen LogP contribution in [0.4, 0.5) is 5.69 Å². The molecule has 0 aromatic heterocycles. The molecule has 142 valence electrons. The standard InChI is InChI=1S/C20H22N2O4S/c1-20(2)12-15-7-5-9-17(19(15)26-20)27(24,25)21-13-18(23)22-11-10-14-6-3-4-8-16(14)22/h3-9,21H,10-13H2,1-2H3. The van der Waals surface area contributed by atoms with Crippen LogP contribution in [0, 0.1) is 0 Å². The summed E-state index contributed by atoms with van der Waals surface area (Å²) in [5.74, 6) is 0.117. The number of nitrogens with one attached hydrogen (secondary N) is 1. The summed E-state index contributed by atoms with van der Waals surface area (Å²) in [4.78, 5) is 14.3. The number of nitrogens with zero attached hydrogens (tertiary/aromatic N) is 1. The number of rotatable bonds is 4. The molecule has 0 bridgehead atoms. The molecule has 0 atom stereocenters. The van der Waals surface area contributed by atoms with Crippen LogP contribution in [0.5, 0.6) is 5.75 Å². The molecule has 1 N–H and O–H groups in total. The van der Waals surface area contributed by atoms with E-state index in [1.807, 2.05) is 44.2 Å². The van der Waals surface area contributed by atoms with Gasteiger partial charge in [-0.1, -0.05) is 30.3 Å². The van der Waals surface area contributed by atoms with Crippen LogP contribution in [0.25, 0.3) is 0 Å². The second kappa shape index (κ2) is 6.35. The Bertz CT molecular complexity index is 1010. The number of carbonyl (C=O) groups excluding carboxylic acids is 1. The van der Waals surface area contributed by atoms with Crippen LogP contribution in [0.15, 0.2) is 47.4 Å². The van der Waals surface area contributed by atoms with Crippen molar-refractivity contribution in [3.63, 3.8) is 0 Å². The second-order valence-corrected chi connectivity index (χ2v) is 9.27. The van der Waals surface area contributed by atoms with Crippen molar-refractivity contribution >= 4 is 21.6 Å². The van der Waals surface area contributed by atoms with Crippen molar-refractivity contribution in [3.05, 3.63) is 53.6 Å². The van der Waals surface area contributed by atoms with Crippen molar-refractivity contribution in [1.82, 2.24) is 4.72 Å². The topological polar surface area (TPSA) is 75.7 Å². The van der Waals surface area contributed by atoms with Gasteiger partial charge in [0, 0.05) is 18.7 Å². The second-order valence-electron chi connectivity index (χ2n) is 7.53. The molecule has 2 aliphatic rings. The Morgan fingerprint density at radius 1 is 1.15 bits per heavy atom. The first-order chi connectivity index (χ1) is 12.8. The lowest BCUT2D eigenvalue weighted by Crippen LogP contribution is -2.39. The predicted octanol–water partition coefficient (Wildman–Crippen LogP) is 2.27. The van der Waals surface area contributed by atoms with Gasteiger partial charge in [0.05, 0.1) is 6.54 Å². The number of hydrogen-bond donors (Lipinski definition) is 1. The lowest BCUT2D eigenvalue weighted by molar-refractivity contribution is -0.117. The number of benzene rings is 2. The number of anilines is 1. The first-order valence-corrected chi connectivity index (χ1v) is 10.4. The van der Waals surface area contributed by atoms with E-state index in [2.05, 4.69) is 4.72 Å². The van der Waals surface area contributed by atoms with Gasteiger partial charge < -0.3 is 9.64 Å². The molecule has 2 aromatic carbocycles. The Morgan fingerprint density at radius 3 is 2.70 bits per heavy atom. The van der Waals surface area contributed by atoms with Gasteiger partial charge in [-0.2, -0.15) is 0 Å². The quantitative estimate of drug-likeness (QED) is 0.875. The molecule has 0 unspecified atom stereocenters. The maximum Gasteiger partial charge on any atom is 0.244 e. The summed E-state index contributed by atoms with van der Waals surface area (Å²) in [5.41, 5.74) is 2.38. The molecule has 2 heterocycles. The molecule has 6 nitrogen and oxygen atoms in total. The van der Waals surface area contributed by atoms with E-state index in [1.165, 1.54) is 6.07 Å². The summed E-state index contributed by atoms with van der Waals surface area (Å²) in [6, 6.07) is 12.8. The highest BCUT2D eigenvalue weighted by Gasteiger charge is 2.35. The third-order valence-corrected chi connectivity index (χ3v) is 6.37. The van der Waals surface area contributed by atoms with E-state index in [1.54, 1.807) is 11.0 Å². The highest BCUT2D eigenvalue weighted by molar-refractivity contribution is 7.89. The normalized spacial score (nSPS) is 17.3. The number of para-hydroxylation sites is 2. The zero-order valence-corrected chi connectivity index (χ0v) is 16.2. The van der Waals surface area contributed by atoms with E-state index in [4.69, 9.17) is 4.74 Å². The molecule has 0 spiro atoms.